The van der Waals surface area contributed by atoms with Crippen molar-refractivity contribution in [2.24, 2.45) is 5.73 Å². The Kier molecular flexibility index (Phi) is 7.96. The predicted octanol–water partition coefficient (Wildman–Crippen LogP) is 1.93. The Morgan fingerprint density at radius 2 is 2.00 bits per heavy atom. The monoisotopic (exact) mass is 159 g/mol. The average Bonchev–Trinajstić information content (AvgIpc) is 1.99. The minimum absolute atomic E-state index is 0.389. The lowest BCUT2D eigenvalue weighted by Gasteiger charge is -2.08. The molecule has 0 amide bonds. The number of rotatable bonds is 7. The van der Waals surface area contributed by atoms with Gasteiger partial charge < -0.3 is 10.5 Å². The maximum atomic E-state index is 5.81. The lowest BCUT2D eigenvalue weighted by molar-refractivity contribution is 0.141. The summed E-state index contributed by atoms with van der Waals surface area (Å²) < 4.78 is 5.21. The van der Waals surface area contributed by atoms with Crippen LogP contribution in [0.3, 0.4) is 0 Å². The molecule has 0 spiro atoms. The van der Waals surface area contributed by atoms with Crippen molar-refractivity contribution in [3.8, 4) is 0 Å². The SMILES string of the molecule is CCCC(N)CCCOCC. The van der Waals surface area contributed by atoms with Crippen LogP contribution in [0.4, 0.5) is 0 Å². The van der Waals surface area contributed by atoms with Crippen molar-refractivity contribution in [3.05, 3.63) is 0 Å². The molecule has 0 aliphatic heterocycles. The highest BCUT2D eigenvalue weighted by atomic mass is 16.5. The summed E-state index contributed by atoms with van der Waals surface area (Å²) in [6, 6.07) is 0.389. The minimum atomic E-state index is 0.389. The summed E-state index contributed by atoms with van der Waals surface area (Å²) in [6.07, 6.45) is 4.55. The Morgan fingerprint density at radius 1 is 1.27 bits per heavy atom. The van der Waals surface area contributed by atoms with E-state index in [2.05, 4.69) is 6.92 Å². The third kappa shape index (κ3) is 7.82. The highest BCUT2D eigenvalue weighted by Gasteiger charge is 1.99. The first-order valence-corrected chi connectivity index (χ1v) is 4.64. The maximum Gasteiger partial charge on any atom is 0.0466 e. The lowest BCUT2D eigenvalue weighted by Crippen LogP contribution is -2.19. The Morgan fingerprint density at radius 3 is 2.55 bits per heavy atom. The first-order chi connectivity index (χ1) is 5.31. The molecule has 2 nitrogen and oxygen atoms in total. The zero-order chi connectivity index (χ0) is 8.53. The van der Waals surface area contributed by atoms with Crippen molar-refractivity contribution < 1.29 is 4.74 Å². The second-order valence-electron chi connectivity index (χ2n) is 2.89. The normalized spacial score (nSPS) is 13.4. The van der Waals surface area contributed by atoms with Crippen LogP contribution in [0.25, 0.3) is 0 Å². The Bertz CT molecular complexity index is 76.0. The van der Waals surface area contributed by atoms with E-state index < -0.39 is 0 Å². The fourth-order valence-corrected chi connectivity index (χ4v) is 1.11. The van der Waals surface area contributed by atoms with Crippen LogP contribution in [0.1, 0.15) is 39.5 Å². The van der Waals surface area contributed by atoms with Gasteiger partial charge in [-0.25, -0.2) is 0 Å². The van der Waals surface area contributed by atoms with Crippen molar-refractivity contribution in [1.82, 2.24) is 0 Å². The molecule has 0 aromatic heterocycles. The van der Waals surface area contributed by atoms with E-state index in [1.807, 2.05) is 6.92 Å². The molecule has 1 atom stereocenters. The molecule has 0 aromatic rings. The first-order valence-electron chi connectivity index (χ1n) is 4.64. The molecule has 0 saturated heterocycles. The quantitative estimate of drug-likeness (QED) is 0.576. The van der Waals surface area contributed by atoms with Crippen LogP contribution in [0.2, 0.25) is 0 Å². The van der Waals surface area contributed by atoms with Gasteiger partial charge in [0.2, 0.25) is 0 Å². The summed E-state index contributed by atoms with van der Waals surface area (Å²) >= 11 is 0. The number of ether oxygens (including phenoxy) is 1. The molecule has 0 heterocycles. The zero-order valence-electron chi connectivity index (χ0n) is 7.81. The Labute approximate surface area is 70.1 Å². The van der Waals surface area contributed by atoms with Gasteiger partial charge in [-0.1, -0.05) is 13.3 Å². The third-order valence-electron chi connectivity index (χ3n) is 1.73. The summed E-state index contributed by atoms with van der Waals surface area (Å²) in [6.45, 7) is 5.88. The average molecular weight is 159 g/mol. The Hall–Kier alpha value is -0.0800. The highest BCUT2D eigenvalue weighted by molar-refractivity contribution is 4.59. The molecule has 0 bridgehead atoms. The van der Waals surface area contributed by atoms with Crippen LogP contribution in [-0.2, 0) is 4.74 Å². The molecule has 0 saturated carbocycles. The van der Waals surface area contributed by atoms with Crippen LogP contribution in [-0.4, -0.2) is 19.3 Å². The second kappa shape index (κ2) is 8.02. The predicted molar refractivity (Wildman–Crippen MR) is 48.6 cm³/mol. The molecule has 2 heteroatoms. The van der Waals surface area contributed by atoms with Crippen molar-refractivity contribution in [2.45, 2.75) is 45.6 Å². The van der Waals surface area contributed by atoms with Gasteiger partial charge in [0, 0.05) is 19.3 Å². The third-order valence-corrected chi connectivity index (χ3v) is 1.73. The summed E-state index contributed by atoms with van der Waals surface area (Å²) in [4.78, 5) is 0. The minimum Gasteiger partial charge on any atom is -0.382 e. The number of nitrogens with two attached hydrogens (primary N) is 1. The maximum absolute atomic E-state index is 5.81. The van der Waals surface area contributed by atoms with Gasteiger partial charge >= 0.3 is 0 Å². The smallest absolute Gasteiger partial charge is 0.0466 e. The number of hydrogen-bond donors (Lipinski definition) is 1. The van der Waals surface area contributed by atoms with Gasteiger partial charge in [0.25, 0.3) is 0 Å². The van der Waals surface area contributed by atoms with Gasteiger partial charge in [0.1, 0.15) is 0 Å². The van der Waals surface area contributed by atoms with Crippen LogP contribution in [0.5, 0.6) is 0 Å². The summed E-state index contributed by atoms with van der Waals surface area (Å²) in [7, 11) is 0. The van der Waals surface area contributed by atoms with Crippen LogP contribution in [0.15, 0.2) is 0 Å². The molecule has 1 unspecified atom stereocenters. The van der Waals surface area contributed by atoms with Crippen molar-refractivity contribution >= 4 is 0 Å². The van der Waals surface area contributed by atoms with Gasteiger partial charge in [-0.3, -0.25) is 0 Å². The molecule has 11 heavy (non-hydrogen) atoms. The molecule has 0 radical (unpaired) electrons. The molecule has 2 N–H and O–H groups in total. The van der Waals surface area contributed by atoms with Gasteiger partial charge in [0.15, 0.2) is 0 Å². The van der Waals surface area contributed by atoms with E-state index in [0.29, 0.717) is 6.04 Å². The second-order valence-corrected chi connectivity index (χ2v) is 2.89. The van der Waals surface area contributed by atoms with Crippen molar-refractivity contribution in [1.29, 1.82) is 0 Å². The van der Waals surface area contributed by atoms with Gasteiger partial charge in [0.05, 0.1) is 0 Å². The standard InChI is InChI=1S/C9H21NO/c1-3-6-9(10)7-5-8-11-4-2/h9H,3-8,10H2,1-2H3. The molecule has 0 aliphatic carbocycles. The first kappa shape index (κ1) is 10.9. The van der Waals surface area contributed by atoms with Gasteiger partial charge in [-0.2, -0.15) is 0 Å². The van der Waals surface area contributed by atoms with E-state index in [1.54, 1.807) is 0 Å². The van der Waals surface area contributed by atoms with E-state index in [0.717, 1.165) is 32.5 Å². The zero-order valence-corrected chi connectivity index (χ0v) is 7.81. The van der Waals surface area contributed by atoms with E-state index >= 15 is 0 Å². The molecule has 68 valence electrons. The van der Waals surface area contributed by atoms with Crippen LogP contribution < -0.4 is 5.73 Å². The lowest BCUT2D eigenvalue weighted by atomic mass is 10.1. The van der Waals surface area contributed by atoms with E-state index in [9.17, 15) is 0 Å². The van der Waals surface area contributed by atoms with Gasteiger partial charge in [-0.15, -0.1) is 0 Å². The van der Waals surface area contributed by atoms with E-state index in [1.165, 1.54) is 6.42 Å². The van der Waals surface area contributed by atoms with Gasteiger partial charge in [-0.05, 0) is 26.2 Å². The van der Waals surface area contributed by atoms with Crippen molar-refractivity contribution in [2.75, 3.05) is 13.2 Å². The molecule has 0 rings (SSSR count). The Balaban J connectivity index is 2.97. The van der Waals surface area contributed by atoms with Crippen LogP contribution >= 0.6 is 0 Å². The van der Waals surface area contributed by atoms with E-state index in [-0.39, 0.29) is 0 Å². The summed E-state index contributed by atoms with van der Waals surface area (Å²) in [5, 5.41) is 0. The summed E-state index contributed by atoms with van der Waals surface area (Å²) in [5.74, 6) is 0. The fourth-order valence-electron chi connectivity index (χ4n) is 1.11. The molecular weight excluding hydrogens is 138 g/mol. The molecular formula is C9H21NO. The van der Waals surface area contributed by atoms with E-state index in [4.69, 9.17) is 10.5 Å². The number of hydrogen-bond acceptors (Lipinski definition) is 2. The molecule has 0 aliphatic rings. The van der Waals surface area contributed by atoms with Crippen molar-refractivity contribution in [3.63, 3.8) is 0 Å². The summed E-state index contributed by atoms with van der Waals surface area (Å²) in [5.41, 5.74) is 5.81. The highest BCUT2D eigenvalue weighted by Crippen LogP contribution is 2.01. The fraction of sp³-hybridized carbons (Fsp3) is 1.00. The topological polar surface area (TPSA) is 35.2 Å². The molecule has 0 aromatic carbocycles. The van der Waals surface area contributed by atoms with Crippen LogP contribution in [0, 0.1) is 0 Å². The molecule has 0 fully saturated rings. The largest absolute Gasteiger partial charge is 0.382 e.